The summed E-state index contributed by atoms with van der Waals surface area (Å²) >= 11 is 1.04. The van der Waals surface area contributed by atoms with Gasteiger partial charge in [-0.25, -0.2) is 22.2 Å². The smallest absolute Gasteiger partial charge is 0.258 e. The summed E-state index contributed by atoms with van der Waals surface area (Å²) in [5.74, 6) is -2.12. The third-order valence-corrected chi connectivity index (χ3v) is 5.38. The molecular weight excluding hydrogens is 382 g/mol. The molecule has 26 heavy (non-hydrogen) atoms. The lowest BCUT2D eigenvalue weighted by atomic mass is 10.1. The second kappa shape index (κ2) is 6.93. The molecule has 1 N–H and O–H groups in total. The van der Waals surface area contributed by atoms with Crippen LogP contribution in [0.1, 0.15) is 10.4 Å². The Kier molecular flexibility index (Phi) is 4.84. The Morgan fingerprint density at radius 1 is 1.15 bits per heavy atom. The minimum atomic E-state index is -3.58. The topological polar surface area (TPSA) is 76.1 Å². The molecular formula is C17H12F2N2O3S2. The van der Waals surface area contributed by atoms with Crippen LogP contribution in [0.15, 0.2) is 52.7 Å². The lowest BCUT2D eigenvalue weighted by molar-refractivity contribution is 0.102. The van der Waals surface area contributed by atoms with Gasteiger partial charge in [0, 0.05) is 23.3 Å². The van der Waals surface area contributed by atoms with Crippen molar-refractivity contribution in [2.75, 3.05) is 11.6 Å². The van der Waals surface area contributed by atoms with Crippen LogP contribution in [-0.2, 0) is 9.84 Å². The highest BCUT2D eigenvalue weighted by Gasteiger charge is 2.19. The number of nitrogens with one attached hydrogen (secondary N) is 1. The van der Waals surface area contributed by atoms with Crippen LogP contribution in [-0.4, -0.2) is 25.6 Å². The van der Waals surface area contributed by atoms with Crippen molar-refractivity contribution in [1.29, 1.82) is 0 Å². The first-order valence-electron chi connectivity index (χ1n) is 7.27. The number of hydrogen-bond acceptors (Lipinski definition) is 5. The van der Waals surface area contributed by atoms with Crippen LogP contribution >= 0.6 is 11.3 Å². The highest BCUT2D eigenvalue weighted by molar-refractivity contribution is 7.90. The van der Waals surface area contributed by atoms with Gasteiger partial charge in [0.1, 0.15) is 11.6 Å². The quantitative estimate of drug-likeness (QED) is 0.731. The summed E-state index contributed by atoms with van der Waals surface area (Å²) < 4.78 is 50.4. The monoisotopic (exact) mass is 394 g/mol. The Balaban J connectivity index is 1.87. The van der Waals surface area contributed by atoms with Gasteiger partial charge in [-0.15, -0.1) is 11.3 Å². The van der Waals surface area contributed by atoms with E-state index < -0.39 is 27.4 Å². The van der Waals surface area contributed by atoms with Gasteiger partial charge in [-0.05, 0) is 24.3 Å². The van der Waals surface area contributed by atoms with Gasteiger partial charge in [-0.1, -0.05) is 12.1 Å². The number of carbonyl (C=O) groups excluding carboxylic acids is 1. The Morgan fingerprint density at radius 3 is 2.58 bits per heavy atom. The fraction of sp³-hybridized carbons (Fsp3) is 0.0588. The molecule has 9 heteroatoms. The third kappa shape index (κ3) is 3.78. The fourth-order valence-corrected chi connectivity index (χ4v) is 3.89. The predicted octanol–water partition coefficient (Wildman–Crippen LogP) is 3.74. The molecule has 0 fully saturated rings. The molecule has 2 aromatic carbocycles. The molecule has 0 unspecified atom stereocenters. The first-order chi connectivity index (χ1) is 12.3. The summed E-state index contributed by atoms with van der Waals surface area (Å²) in [6.07, 6.45) is 1.01. The van der Waals surface area contributed by atoms with E-state index in [9.17, 15) is 22.0 Å². The van der Waals surface area contributed by atoms with E-state index in [4.69, 9.17) is 0 Å². The number of thiazole rings is 1. The number of benzene rings is 2. The molecule has 3 aromatic rings. The van der Waals surface area contributed by atoms with Gasteiger partial charge in [-0.2, -0.15) is 0 Å². The van der Waals surface area contributed by atoms with Crippen molar-refractivity contribution in [3.63, 3.8) is 0 Å². The Hall–Kier alpha value is -2.65. The normalized spacial score (nSPS) is 11.3. The van der Waals surface area contributed by atoms with Gasteiger partial charge < -0.3 is 0 Å². The van der Waals surface area contributed by atoms with Crippen molar-refractivity contribution in [3.8, 4) is 11.3 Å². The second-order valence-corrected chi connectivity index (χ2v) is 8.23. The molecule has 5 nitrogen and oxygen atoms in total. The Labute approximate surface area is 152 Å². The van der Waals surface area contributed by atoms with Crippen molar-refractivity contribution in [3.05, 3.63) is 65.0 Å². The first kappa shape index (κ1) is 18.2. The van der Waals surface area contributed by atoms with Crippen LogP contribution in [0.5, 0.6) is 0 Å². The van der Waals surface area contributed by atoms with Crippen molar-refractivity contribution in [2.24, 2.45) is 0 Å². The maximum Gasteiger partial charge on any atom is 0.258 e. The molecule has 3 rings (SSSR count). The molecule has 0 bridgehead atoms. The lowest BCUT2D eigenvalue weighted by Crippen LogP contribution is -2.15. The van der Waals surface area contributed by atoms with Gasteiger partial charge in [0.2, 0.25) is 0 Å². The number of halogens is 2. The van der Waals surface area contributed by atoms with Crippen LogP contribution in [0, 0.1) is 11.6 Å². The minimum absolute atomic E-state index is 0.0142. The number of sulfone groups is 1. The van der Waals surface area contributed by atoms with Crippen LogP contribution in [0.2, 0.25) is 0 Å². The van der Waals surface area contributed by atoms with Crippen molar-refractivity contribution < 1.29 is 22.0 Å². The number of anilines is 1. The van der Waals surface area contributed by atoms with Crippen molar-refractivity contribution in [1.82, 2.24) is 4.98 Å². The van der Waals surface area contributed by atoms with Gasteiger partial charge in [0.15, 0.2) is 15.0 Å². The standard InChI is InChI=1S/C17H12F2N2O3S2/c1-26(23,24)15-5-3-2-4-12(15)16(22)21-17-20-14(9-25-17)11-7-6-10(18)8-13(11)19/h2-9H,1H3,(H,20,21,22). The minimum Gasteiger partial charge on any atom is -0.298 e. The highest BCUT2D eigenvalue weighted by atomic mass is 32.2. The van der Waals surface area contributed by atoms with Crippen molar-refractivity contribution >= 4 is 32.2 Å². The highest BCUT2D eigenvalue weighted by Crippen LogP contribution is 2.28. The molecule has 0 aliphatic carbocycles. The molecule has 0 spiro atoms. The van der Waals surface area contributed by atoms with Crippen LogP contribution in [0.3, 0.4) is 0 Å². The zero-order valence-electron chi connectivity index (χ0n) is 13.4. The summed E-state index contributed by atoms with van der Waals surface area (Å²) in [6.45, 7) is 0. The van der Waals surface area contributed by atoms with Gasteiger partial charge in [0.25, 0.3) is 5.91 Å². The maximum atomic E-state index is 13.8. The fourth-order valence-electron chi connectivity index (χ4n) is 2.29. The van der Waals surface area contributed by atoms with E-state index in [1.807, 2.05) is 0 Å². The zero-order valence-corrected chi connectivity index (χ0v) is 15.0. The summed E-state index contributed by atoms with van der Waals surface area (Å²) in [4.78, 5) is 16.4. The lowest BCUT2D eigenvalue weighted by Gasteiger charge is -2.07. The van der Waals surface area contributed by atoms with E-state index in [0.717, 1.165) is 29.7 Å². The summed E-state index contributed by atoms with van der Waals surface area (Å²) in [7, 11) is -3.58. The average Bonchev–Trinajstić information content (AvgIpc) is 3.02. The molecule has 1 amide bonds. The molecule has 1 aromatic heterocycles. The van der Waals surface area contributed by atoms with Crippen LogP contribution < -0.4 is 5.32 Å². The molecule has 1 heterocycles. The zero-order chi connectivity index (χ0) is 18.9. The van der Waals surface area contributed by atoms with Gasteiger partial charge in [-0.3, -0.25) is 10.1 Å². The van der Waals surface area contributed by atoms with Crippen molar-refractivity contribution in [2.45, 2.75) is 4.90 Å². The number of carbonyl (C=O) groups is 1. The van der Waals surface area contributed by atoms with E-state index in [1.165, 1.54) is 29.6 Å². The Morgan fingerprint density at radius 2 is 1.88 bits per heavy atom. The third-order valence-electron chi connectivity index (χ3n) is 3.46. The Bertz CT molecular complexity index is 1090. The van der Waals surface area contributed by atoms with E-state index in [2.05, 4.69) is 10.3 Å². The molecule has 0 saturated heterocycles. The predicted molar refractivity (Wildman–Crippen MR) is 95.0 cm³/mol. The maximum absolute atomic E-state index is 13.8. The average molecular weight is 394 g/mol. The summed E-state index contributed by atoms with van der Waals surface area (Å²) in [5.41, 5.74) is 0.318. The molecule has 0 atom stereocenters. The number of nitrogens with zero attached hydrogens (tertiary/aromatic N) is 1. The molecule has 134 valence electrons. The van der Waals surface area contributed by atoms with Gasteiger partial charge in [0.05, 0.1) is 16.2 Å². The van der Waals surface area contributed by atoms with E-state index in [0.29, 0.717) is 0 Å². The molecule has 0 radical (unpaired) electrons. The molecule has 0 aliphatic heterocycles. The summed E-state index contributed by atoms with van der Waals surface area (Å²) in [6, 6.07) is 8.90. The number of amides is 1. The molecule has 0 saturated carbocycles. The van der Waals surface area contributed by atoms with E-state index in [-0.39, 0.29) is 26.8 Å². The SMILES string of the molecule is CS(=O)(=O)c1ccccc1C(=O)Nc1nc(-c2ccc(F)cc2F)cs1. The number of rotatable bonds is 4. The van der Waals surface area contributed by atoms with E-state index in [1.54, 1.807) is 6.07 Å². The number of aromatic nitrogens is 1. The number of hydrogen-bond donors (Lipinski definition) is 1. The van der Waals surface area contributed by atoms with Crippen LogP contribution in [0.4, 0.5) is 13.9 Å². The van der Waals surface area contributed by atoms with E-state index >= 15 is 0 Å². The summed E-state index contributed by atoms with van der Waals surface area (Å²) in [5, 5.41) is 4.17. The second-order valence-electron chi connectivity index (χ2n) is 5.38. The first-order valence-corrected chi connectivity index (χ1v) is 10.0. The largest absolute Gasteiger partial charge is 0.298 e. The molecule has 0 aliphatic rings. The van der Waals surface area contributed by atoms with Gasteiger partial charge >= 0.3 is 0 Å². The van der Waals surface area contributed by atoms with Crippen LogP contribution in [0.25, 0.3) is 11.3 Å².